The summed E-state index contributed by atoms with van der Waals surface area (Å²) < 4.78 is 5.52. The lowest BCUT2D eigenvalue weighted by molar-refractivity contribution is 0.0924. The molecule has 118 valence electrons. The zero-order valence-corrected chi connectivity index (χ0v) is 13.9. The van der Waals surface area contributed by atoms with Crippen molar-refractivity contribution in [1.82, 2.24) is 4.90 Å². The molecule has 1 heterocycles. The zero-order chi connectivity index (χ0) is 16.1. The van der Waals surface area contributed by atoms with Gasteiger partial charge < -0.3 is 4.42 Å². The first kappa shape index (κ1) is 16.5. The highest BCUT2D eigenvalue weighted by atomic mass is 16.3. The summed E-state index contributed by atoms with van der Waals surface area (Å²) in [6.07, 6.45) is 0.484. The predicted molar refractivity (Wildman–Crippen MR) is 89.1 cm³/mol. The molecule has 0 saturated heterocycles. The fourth-order valence-electron chi connectivity index (χ4n) is 2.42. The van der Waals surface area contributed by atoms with Gasteiger partial charge in [0.25, 0.3) is 0 Å². The largest absolute Gasteiger partial charge is 0.458 e. The Hall–Kier alpha value is -1.87. The molecule has 2 rings (SSSR count). The average Bonchev–Trinajstić information content (AvgIpc) is 2.83. The Kier molecular flexibility index (Phi) is 5.56. The summed E-state index contributed by atoms with van der Waals surface area (Å²) in [5, 5.41) is 0. The number of hydrogen-bond acceptors (Lipinski definition) is 3. The lowest BCUT2D eigenvalue weighted by Crippen LogP contribution is -2.32. The second-order valence-corrected chi connectivity index (χ2v) is 6.07. The molecule has 0 aliphatic carbocycles. The Balaban J connectivity index is 1.95. The smallest absolute Gasteiger partial charge is 0.199 e. The van der Waals surface area contributed by atoms with Gasteiger partial charge >= 0.3 is 0 Å². The summed E-state index contributed by atoms with van der Waals surface area (Å²) in [6.45, 7) is 9.78. The van der Waals surface area contributed by atoms with Crippen LogP contribution in [0.15, 0.2) is 40.8 Å². The minimum Gasteiger partial charge on any atom is -0.458 e. The molecule has 0 aliphatic rings. The standard InChI is InChI=1S/C19H25NO2/c1-14(2)20(13-17-8-6-5-7-9-17)11-10-18(21)19-12-15(3)16(4)22-19/h5-9,12,14H,10-11,13H2,1-4H3. The molecular weight excluding hydrogens is 274 g/mol. The van der Waals surface area contributed by atoms with E-state index in [0.717, 1.165) is 24.4 Å². The first-order valence-electron chi connectivity index (χ1n) is 7.85. The first-order chi connectivity index (χ1) is 10.5. The normalized spacial score (nSPS) is 11.4. The molecule has 0 aliphatic heterocycles. The van der Waals surface area contributed by atoms with Crippen LogP contribution >= 0.6 is 0 Å². The average molecular weight is 299 g/mol. The molecule has 2 aromatic rings. The number of hydrogen-bond donors (Lipinski definition) is 0. The molecule has 0 fully saturated rings. The van der Waals surface area contributed by atoms with Crippen LogP contribution in [-0.2, 0) is 6.54 Å². The number of rotatable bonds is 7. The number of ketones is 1. The van der Waals surface area contributed by atoms with Crippen LogP contribution in [-0.4, -0.2) is 23.3 Å². The summed E-state index contributed by atoms with van der Waals surface area (Å²) >= 11 is 0. The number of benzene rings is 1. The Morgan fingerprint density at radius 1 is 1.18 bits per heavy atom. The van der Waals surface area contributed by atoms with Gasteiger partial charge in [0.2, 0.25) is 0 Å². The minimum atomic E-state index is 0.0786. The van der Waals surface area contributed by atoms with Crippen molar-refractivity contribution < 1.29 is 9.21 Å². The van der Waals surface area contributed by atoms with Gasteiger partial charge in [0.15, 0.2) is 11.5 Å². The summed E-state index contributed by atoms with van der Waals surface area (Å²) in [5.74, 6) is 1.39. The molecule has 3 heteroatoms. The van der Waals surface area contributed by atoms with Gasteiger partial charge in [0, 0.05) is 25.6 Å². The monoisotopic (exact) mass is 299 g/mol. The Morgan fingerprint density at radius 3 is 2.41 bits per heavy atom. The molecule has 0 radical (unpaired) electrons. The van der Waals surface area contributed by atoms with Crippen LogP contribution < -0.4 is 0 Å². The van der Waals surface area contributed by atoms with E-state index >= 15 is 0 Å². The first-order valence-corrected chi connectivity index (χ1v) is 7.85. The van der Waals surface area contributed by atoms with Crippen LogP contribution in [0.1, 0.15) is 47.7 Å². The maximum absolute atomic E-state index is 12.3. The Labute approximate surface area is 132 Å². The summed E-state index contributed by atoms with van der Waals surface area (Å²) in [7, 11) is 0. The third-order valence-electron chi connectivity index (χ3n) is 4.03. The number of aryl methyl sites for hydroxylation is 2. The maximum atomic E-state index is 12.3. The van der Waals surface area contributed by atoms with Gasteiger partial charge in [-0.15, -0.1) is 0 Å². The lowest BCUT2D eigenvalue weighted by atomic mass is 10.1. The van der Waals surface area contributed by atoms with Gasteiger partial charge in [-0.3, -0.25) is 9.69 Å². The van der Waals surface area contributed by atoms with Crippen LogP contribution in [0, 0.1) is 13.8 Å². The molecule has 0 atom stereocenters. The van der Waals surface area contributed by atoms with Crippen molar-refractivity contribution in [3.05, 3.63) is 59.0 Å². The quantitative estimate of drug-likeness (QED) is 0.711. The number of Topliss-reactive ketones (excluding diaryl/α,β-unsaturated/α-hetero) is 1. The third kappa shape index (κ3) is 4.31. The van der Waals surface area contributed by atoms with Crippen molar-refractivity contribution in [1.29, 1.82) is 0 Å². The number of furan rings is 1. The molecule has 0 spiro atoms. The van der Waals surface area contributed by atoms with Gasteiger partial charge in [0.1, 0.15) is 5.76 Å². The number of carbonyl (C=O) groups excluding carboxylic acids is 1. The Morgan fingerprint density at radius 2 is 1.86 bits per heavy atom. The van der Waals surface area contributed by atoms with E-state index in [-0.39, 0.29) is 5.78 Å². The molecule has 0 saturated carbocycles. The molecule has 22 heavy (non-hydrogen) atoms. The zero-order valence-electron chi connectivity index (χ0n) is 13.9. The highest BCUT2D eigenvalue weighted by molar-refractivity contribution is 5.93. The van der Waals surface area contributed by atoms with Gasteiger partial charge in [-0.1, -0.05) is 30.3 Å². The van der Waals surface area contributed by atoms with Crippen molar-refractivity contribution in [2.75, 3.05) is 6.54 Å². The van der Waals surface area contributed by atoms with Crippen LogP contribution in [0.3, 0.4) is 0 Å². The van der Waals surface area contributed by atoms with E-state index in [1.54, 1.807) is 0 Å². The topological polar surface area (TPSA) is 33.5 Å². The van der Waals surface area contributed by atoms with E-state index in [4.69, 9.17) is 4.42 Å². The predicted octanol–water partition coefficient (Wildman–Crippen LogP) is 4.38. The van der Waals surface area contributed by atoms with Crippen molar-refractivity contribution in [2.45, 2.75) is 46.7 Å². The van der Waals surface area contributed by atoms with Gasteiger partial charge in [-0.25, -0.2) is 0 Å². The van der Waals surface area contributed by atoms with Crippen LogP contribution in [0.4, 0.5) is 0 Å². The van der Waals surface area contributed by atoms with Gasteiger partial charge in [-0.2, -0.15) is 0 Å². The molecule has 0 unspecified atom stereocenters. The summed E-state index contributed by atoms with van der Waals surface area (Å²) in [4.78, 5) is 14.6. The van der Waals surface area contributed by atoms with E-state index in [1.807, 2.05) is 38.1 Å². The second-order valence-electron chi connectivity index (χ2n) is 6.07. The van der Waals surface area contributed by atoms with E-state index < -0.39 is 0 Å². The highest BCUT2D eigenvalue weighted by Gasteiger charge is 2.16. The highest BCUT2D eigenvalue weighted by Crippen LogP contribution is 2.16. The fraction of sp³-hybridized carbons (Fsp3) is 0.421. The number of carbonyl (C=O) groups is 1. The Bertz CT molecular complexity index is 594. The van der Waals surface area contributed by atoms with Gasteiger partial charge in [-0.05, 0) is 44.9 Å². The van der Waals surface area contributed by atoms with E-state index in [9.17, 15) is 4.79 Å². The van der Waals surface area contributed by atoms with Crippen molar-refractivity contribution in [3.8, 4) is 0 Å². The van der Waals surface area contributed by atoms with Crippen molar-refractivity contribution >= 4 is 5.78 Å². The number of nitrogens with zero attached hydrogens (tertiary/aromatic N) is 1. The fourth-order valence-corrected chi connectivity index (χ4v) is 2.42. The molecule has 1 aromatic carbocycles. The van der Waals surface area contributed by atoms with E-state index in [2.05, 4.69) is 30.9 Å². The molecule has 1 aromatic heterocycles. The molecular formula is C19H25NO2. The van der Waals surface area contributed by atoms with E-state index in [0.29, 0.717) is 18.2 Å². The van der Waals surface area contributed by atoms with Crippen molar-refractivity contribution in [2.24, 2.45) is 0 Å². The molecule has 3 nitrogen and oxygen atoms in total. The second kappa shape index (κ2) is 7.41. The molecule has 0 N–H and O–H groups in total. The summed E-state index contributed by atoms with van der Waals surface area (Å²) in [5.41, 5.74) is 2.31. The van der Waals surface area contributed by atoms with Crippen molar-refractivity contribution in [3.63, 3.8) is 0 Å². The summed E-state index contributed by atoms with van der Waals surface area (Å²) in [6, 6.07) is 12.6. The van der Waals surface area contributed by atoms with Gasteiger partial charge in [0.05, 0.1) is 0 Å². The molecule has 0 bridgehead atoms. The SMILES string of the molecule is Cc1cc(C(=O)CCN(Cc2ccccc2)C(C)C)oc1C. The third-order valence-corrected chi connectivity index (χ3v) is 4.03. The lowest BCUT2D eigenvalue weighted by Gasteiger charge is -2.26. The van der Waals surface area contributed by atoms with E-state index in [1.165, 1.54) is 5.56 Å². The van der Waals surface area contributed by atoms with Crippen LogP contribution in [0.5, 0.6) is 0 Å². The molecule has 0 amide bonds. The van der Waals surface area contributed by atoms with Crippen LogP contribution in [0.25, 0.3) is 0 Å². The van der Waals surface area contributed by atoms with Crippen LogP contribution in [0.2, 0.25) is 0 Å². The minimum absolute atomic E-state index is 0.0786. The maximum Gasteiger partial charge on any atom is 0.199 e.